The Morgan fingerprint density at radius 1 is 0.839 bits per heavy atom. The van der Waals surface area contributed by atoms with Gasteiger partial charge in [0.1, 0.15) is 22.8 Å². The summed E-state index contributed by atoms with van der Waals surface area (Å²) in [6.07, 6.45) is 3.09. The number of rotatable bonds is 6. The number of nitrogens with zero attached hydrogens (tertiary/aromatic N) is 4. The number of amides is 2. The van der Waals surface area contributed by atoms with E-state index in [1.54, 1.807) is 48.8 Å². The van der Waals surface area contributed by atoms with E-state index in [9.17, 15) is 9.59 Å². The minimum atomic E-state index is -0.656. The molecule has 0 aromatic carbocycles. The maximum atomic E-state index is 12.4. The summed E-state index contributed by atoms with van der Waals surface area (Å²) in [5, 5.41) is 7.60. The number of amidine groups is 2. The average Bonchev–Trinajstić information content (AvgIpc) is 2.81. The molecule has 3 aromatic rings. The van der Waals surface area contributed by atoms with E-state index in [1.165, 1.54) is 12.1 Å². The fourth-order valence-electron chi connectivity index (χ4n) is 2.27. The van der Waals surface area contributed by atoms with Gasteiger partial charge in [0.2, 0.25) is 0 Å². The fourth-order valence-corrected chi connectivity index (χ4v) is 2.51. The molecule has 156 valence electrons. The van der Waals surface area contributed by atoms with Gasteiger partial charge < -0.3 is 16.5 Å². The summed E-state index contributed by atoms with van der Waals surface area (Å²) >= 11 is 5.13. The quantitative estimate of drug-likeness (QED) is 0.163. The molecule has 3 heterocycles. The number of hydrogen-bond donors (Lipinski definition) is 5. The highest BCUT2D eigenvalue weighted by Gasteiger charge is 2.12. The van der Waals surface area contributed by atoms with Crippen LogP contribution in [0.2, 0.25) is 0 Å². The Hall–Kier alpha value is -4.45. The van der Waals surface area contributed by atoms with Crippen molar-refractivity contribution in [2.75, 3.05) is 0 Å². The molecule has 0 aliphatic heterocycles. The van der Waals surface area contributed by atoms with E-state index < -0.39 is 11.8 Å². The lowest BCUT2D eigenvalue weighted by molar-refractivity contribution is 0.0945. The summed E-state index contributed by atoms with van der Waals surface area (Å²) in [6.45, 7) is 0. The highest BCUT2D eigenvalue weighted by Crippen LogP contribution is 2.03. The monoisotopic (exact) mass is 435 g/mol. The van der Waals surface area contributed by atoms with Gasteiger partial charge in [-0.3, -0.25) is 19.6 Å². The van der Waals surface area contributed by atoms with Crippen molar-refractivity contribution in [1.29, 1.82) is 0 Å². The zero-order valence-electron chi connectivity index (χ0n) is 15.9. The first kappa shape index (κ1) is 21.3. The van der Waals surface area contributed by atoms with E-state index >= 15 is 0 Å². The zero-order chi connectivity index (χ0) is 22.2. The second kappa shape index (κ2) is 9.84. The van der Waals surface area contributed by atoms with Crippen LogP contribution in [0.25, 0.3) is 0 Å². The Kier molecular flexibility index (Phi) is 6.75. The van der Waals surface area contributed by atoms with Crippen LogP contribution in [0.15, 0.2) is 71.1 Å². The fraction of sp³-hybridized carbons (Fsp3) is 0. The normalized spacial score (nSPS) is 11.6. The Labute approximate surface area is 181 Å². The van der Waals surface area contributed by atoms with E-state index in [4.69, 9.17) is 23.7 Å². The van der Waals surface area contributed by atoms with Gasteiger partial charge in [0.05, 0.1) is 0 Å². The Morgan fingerprint density at radius 2 is 1.29 bits per heavy atom. The molecule has 0 unspecified atom stereocenters. The zero-order valence-corrected chi connectivity index (χ0v) is 16.8. The van der Waals surface area contributed by atoms with E-state index in [1.807, 2.05) is 0 Å². The van der Waals surface area contributed by atoms with Crippen LogP contribution in [0.1, 0.15) is 32.4 Å². The van der Waals surface area contributed by atoms with E-state index in [0.717, 1.165) is 0 Å². The van der Waals surface area contributed by atoms with Crippen molar-refractivity contribution < 1.29 is 9.59 Å². The Bertz CT molecular complexity index is 1120. The number of hydrogen-bond acceptors (Lipinski definition) is 7. The molecule has 0 fully saturated rings. The molecule has 0 saturated carbocycles. The van der Waals surface area contributed by atoms with Crippen molar-refractivity contribution in [3.8, 4) is 0 Å². The average molecular weight is 435 g/mol. The molecule has 12 heteroatoms. The largest absolute Gasteiger partial charge is 0.380 e. The van der Waals surface area contributed by atoms with Crippen molar-refractivity contribution in [3.05, 3.63) is 88.2 Å². The highest BCUT2D eigenvalue weighted by molar-refractivity contribution is 7.71. The Morgan fingerprint density at radius 3 is 1.68 bits per heavy atom. The molecular weight excluding hydrogens is 418 g/mol. The van der Waals surface area contributed by atoms with Crippen molar-refractivity contribution >= 4 is 35.7 Å². The summed E-state index contributed by atoms with van der Waals surface area (Å²) in [4.78, 5) is 35.5. The van der Waals surface area contributed by atoms with Gasteiger partial charge in [-0.1, -0.05) is 24.4 Å². The number of carbonyl (C=O) groups excluding carboxylic acids is 2. The predicted molar refractivity (Wildman–Crippen MR) is 116 cm³/mol. The van der Waals surface area contributed by atoms with Crippen molar-refractivity contribution in [3.63, 3.8) is 0 Å². The maximum Gasteiger partial charge on any atom is 0.287 e. The lowest BCUT2D eigenvalue weighted by Crippen LogP contribution is -2.27. The van der Waals surface area contributed by atoms with Gasteiger partial charge in [-0.25, -0.2) is 10.9 Å². The van der Waals surface area contributed by atoms with Gasteiger partial charge in [0, 0.05) is 16.9 Å². The molecule has 7 N–H and O–H groups in total. The molecule has 0 spiro atoms. The lowest BCUT2D eigenvalue weighted by atomic mass is 10.3. The molecule has 0 aliphatic carbocycles. The third-order valence-electron chi connectivity index (χ3n) is 3.74. The summed E-state index contributed by atoms with van der Waals surface area (Å²) < 4.78 is 0.248. The van der Waals surface area contributed by atoms with E-state index in [2.05, 4.69) is 36.0 Å². The van der Waals surface area contributed by atoms with Crippen LogP contribution in [0, 0.1) is 4.51 Å². The topological polar surface area (TPSA) is 177 Å². The lowest BCUT2D eigenvalue weighted by Gasteiger charge is -2.06. The maximum absolute atomic E-state index is 12.4. The first-order valence-electron chi connectivity index (χ1n) is 8.78. The number of H-pyrrole nitrogens is 1. The number of aromatic nitrogens is 3. The van der Waals surface area contributed by atoms with Crippen LogP contribution in [-0.4, -0.2) is 38.4 Å². The number of nitrogens with one attached hydrogen (secondary N) is 3. The molecule has 11 nitrogen and oxygen atoms in total. The number of pyridine rings is 3. The Balaban J connectivity index is 1.73. The molecule has 0 bridgehead atoms. The highest BCUT2D eigenvalue weighted by atomic mass is 32.1. The second-order valence-electron chi connectivity index (χ2n) is 5.95. The van der Waals surface area contributed by atoms with Crippen LogP contribution < -0.4 is 22.3 Å². The van der Waals surface area contributed by atoms with Crippen LogP contribution in [-0.2, 0) is 0 Å². The molecule has 0 saturated heterocycles. The van der Waals surface area contributed by atoms with Crippen molar-refractivity contribution in [2.24, 2.45) is 21.7 Å². The van der Waals surface area contributed by atoms with Crippen molar-refractivity contribution in [2.45, 2.75) is 0 Å². The first-order chi connectivity index (χ1) is 14.9. The molecule has 0 atom stereocenters. The summed E-state index contributed by atoms with van der Waals surface area (Å²) in [7, 11) is 0. The van der Waals surface area contributed by atoms with Gasteiger partial charge in [0.15, 0.2) is 11.7 Å². The minimum absolute atomic E-state index is 0.00287. The number of carbonyl (C=O) groups is 2. The molecule has 3 aromatic heterocycles. The summed E-state index contributed by atoms with van der Waals surface area (Å²) in [5.74, 6) is -1.28. The minimum Gasteiger partial charge on any atom is -0.380 e. The van der Waals surface area contributed by atoms with Gasteiger partial charge in [-0.15, -0.1) is 0 Å². The SMILES string of the molecule is NC(=NNC(=O)c1cc(=S)cc(C(=O)NN=C(N)c2ccccn2)[nH]1)c1ccccn1. The molecule has 0 aliphatic rings. The molecule has 31 heavy (non-hydrogen) atoms. The first-order valence-corrected chi connectivity index (χ1v) is 9.19. The van der Waals surface area contributed by atoms with Crippen molar-refractivity contribution in [1.82, 2.24) is 25.8 Å². The smallest absolute Gasteiger partial charge is 0.287 e. The van der Waals surface area contributed by atoms with Gasteiger partial charge >= 0.3 is 0 Å². The van der Waals surface area contributed by atoms with Gasteiger partial charge in [-0.05, 0) is 36.4 Å². The second-order valence-corrected chi connectivity index (χ2v) is 6.42. The van der Waals surface area contributed by atoms with Crippen LogP contribution >= 0.6 is 12.2 Å². The molecule has 2 amide bonds. The standard InChI is InChI=1S/C19H17N9O2S/c20-16(12-5-1-3-7-22-12)25-27-18(29)14-9-11(31)10-15(24-14)19(30)28-26-17(21)13-6-2-4-8-23-13/h1-10H,(H2,20,25)(H2,21,26)(H,24,31)(H,27,29)(H,28,30). The number of nitrogens with two attached hydrogens (primary N) is 2. The van der Waals surface area contributed by atoms with Gasteiger partial charge in [0.25, 0.3) is 11.8 Å². The summed E-state index contributed by atoms with van der Waals surface area (Å²) in [5.41, 5.74) is 16.9. The third kappa shape index (κ3) is 5.77. The van der Waals surface area contributed by atoms with Gasteiger partial charge in [-0.2, -0.15) is 10.2 Å². The number of hydrazone groups is 2. The molecule has 3 rings (SSSR count). The predicted octanol–water partition coefficient (Wildman–Crippen LogP) is 0.635. The van der Waals surface area contributed by atoms with E-state index in [0.29, 0.717) is 11.4 Å². The third-order valence-corrected chi connectivity index (χ3v) is 3.98. The van der Waals surface area contributed by atoms with Crippen LogP contribution in [0.3, 0.4) is 0 Å². The molecule has 0 radical (unpaired) electrons. The molecular formula is C19H17N9O2S. The van der Waals surface area contributed by atoms with Crippen LogP contribution in [0.5, 0.6) is 0 Å². The van der Waals surface area contributed by atoms with Crippen LogP contribution in [0.4, 0.5) is 0 Å². The number of aromatic amines is 1. The summed E-state index contributed by atoms with van der Waals surface area (Å²) in [6, 6.07) is 12.9. The van der Waals surface area contributed by atoms with E-state index in [-0.39, 0.29) is 27.6 Å².